The van der Waals surface area contributed by atoms with Crippen LogP contribution in [0.1, 0.15) is 11.3 Å². The van der Waals surface area contributed by atoms with Crippen molar-refractivity contribution in [1.82, 2.24) is 15.0 Å². The van der Waals surface area contributed by atoms with E-state index < -0.39 is 17.2 Å². The zero-order valence-corrected chi connectivity index (χ0v) is 17.6. The number of H-pyrrole nitrogens is 1. The minimum atomic E-state index is -4.78. The third-order valence-electron chi connectivity index (χ3n) is 3.63. The number of methoxy groups -OCH3 is 1. The van der Waals surface area contributed by atoms with E-state index in [1.54, 1.807) is 19.2 Å². The van der Waals surface area contributed by atoms with Gasteiger partial charge in [-0.2, -0.15) is 0 Å². The smallest absolute Gasteiger partial charge is 0.496 e. The van der Waals surface area contributed by atoms with Gasteiger partial charge >= 0.3 is 6.36 Å². The van der Waals surface area contributed by atoms with Gasteiger partial charge in [-0.15, -0.1) is 13.2 Å². The first-order valence-electron chi connectivity index (χ1n) is 7.39. The van der Waals surface area contributed by atoms with Gasteiger partial charge in [-0.3, -0.25) is 9.19 Å². The van der Waals surface area contributed by atoms with Gasteiger partial charge in [0.15, 0.2) is 5.16 Å². The number of hydrogen-bond donors (Lipinski definition) is 1. The van der Waals surface area contributed by atoms with Crippen LogP contribution in [0.2, 0.25) is 0 Å². The van der Waals surface area contributed by atoms with Crippen LogP contribution in [-0.4, -0.2) is 62.2 Å². The second kappa shape index (κ2) is 8.59. The van der Waals surface area contributed by atoms with Crippen molar-refractivity contribution in [2.24, 2.45) is 0 Å². The first-order valence-corrected chi connectivity index (χ1v) is 8.71. The number of fused-ring (bicyclic) bond motifs is 1. The van der Waals surface area contributed by atoms with E-state index in [0.717, 1.165) is 17.7 Å². The number of hydrogen-bond acceptors (Lipinski definition) is 5. The molecular weight excluding hydrogens is 394 g/mol. The first kappa shape index (κ1) is 21.7. The van der Waals surface area contributed by atoms with Gasteiger partial charge in [-0.25, -0.2) is 4.98 Å². The van der Waals surface area contributed by atoms with Crippen molar-refractivity contribution < 1.29 is 26.9 Å². The molecule has 139 valence electrons. The molecule has 0 aliphatic heterocycles. The summed E-state index contributed by atoms with van der Waals surface area (Å²) in [6.07, 6.45) is -3.23. The second-order valence-corrected chi connectivity index (χ2v) is 6.71. The Labute approximate surface area is 177 Å². The van der Waals surface area contributed by atoms with Crippen LogP contribution in [0.4, 0.5) is 13.2 Å². The van der Waals surface area contributed by atoms with Gasteiger partial charge in [-0.1, -0.05) is 0 Å². The van der Waals surface area contributed by atoms with Crippen molar-refractivity contribution in [2.45, 2.75) is 24.2 Å². The zero-order chi connectivity index (χ0) is 18.9. The Bertz CT molecular complexity index is 978. The molecule has 3 aromatic rings. The van der Waals surface area contributed by atoms with E-state index in [4.69, 9.17) is 4.74 Å². The Morgan fingerprint density at radius 2 is 2.00 bits per heavy atom. The number of imidazole rings is 1. The Hall–Kier alpha value is -1.62. The van der Waals surface area contributed by atoms with E-state index in [1.165, 1.54) is 13.2 Å². The molecule has 1 aromatic carbocycles. The molecule has 0 saturated carbocycles. The monoisotopic (exact) mass is 408 g/mol. The Morgan fingerprint density at radius 1 is 1.26 bits per heavy atom. The van der Waals surface area contributed by atoms with Gasteiger partial charge < -0.3 is 14.5 Å². The number of halogens is 3. The SMILES string of the molecule is COc1ccnc(CS(=O)c2nc3ccc(OC(F)(F)F)cc3[nH]2)c1C.[Na]. The molecule has 3 rings (SSSR count). The van der Waals surface area contributed by atoms with Crippen LogP contribution in [0.3, 0.4) is 0 Å². The van der Waals surface area contributed by atoms with Crippen LogP contribution in [0.15, 0.2) is 35.6 Å². The molecule has 0 saturated heterocycles. The summed E-state index contributed by atoms with van der Waals surface area (Å²) in [5.41, 5.74) is 2.04. The molecule has 0 aliphatic rings. The summed E-state index contributed by atoms with van der Waals surface area (Å²) < 4.78 is 58.6. The molecule has 11 heteroatoms. The van der Waals surface area contributed by atoms with Gasteiger partial charge in [-0.05, 0) is 25.1 Å². The number of aromatic nitrogens is 3. The maximum Gasteiger partial charge on any atom is 0.573 e. The zero-order valence-electron chi connectivity index (χ0n) is 14.8. The molecule has 6 nitrogen and oxygen atoms in total. The number of nitrogens with zero attached hydrogens (tertiary/aromatic N) is 2. The van der Waals surface area contributed by atoms with Gasteiger partial charge in [0.2, 0.25) is 0 Å². The molecular formula is C16H14F3N3NaO3S. The third-order valence-corrected chi connectivity index (χ3v) is 4.79. The predicted molar refractivity (Wildman–Crippen MR) is 94.2 cm³/mol. The molecule has 1 radical (unpaired) electrons. The summed E-state index contributed by atoms with van der Waals surface area (Å²) >= 11 is 0. The number of benzene rings is 1. The minimum absolute atomic E-state index is 0. The largest absolute Gasteiger partial charge is 0.573 e. The summed E-state index contributed by atoms with van der Waals surface area (Å²) in [5.74, 6) is 0.344. The molecule has 0 amide bonds. The number of ether oxygens (including phenoxy) is 2. The summed E-state index contributed by atoms with van der Waals surface area (Å²) in [6, 6.07) is 5.37. The number of aromatic amines is 1. The Morgan fingerprint density at radius 3 is 2.67 bits per heavy atom. The molecule has 1 atom stereocenters. The molecule has 0 aliphatic carbocycles. The van der Waals surface area contributed by atoms with Crippen molar-refractivity contribution in [3.8, 4) is 11.5 Å². The van der Waals surface area contributed by atoms with E-state index in [-0.39, 0.29) is 46.2 Å². The van der Waals surface area contributed by atoms with E-state index >= 15 is 0 Å². The Kier molecular flexibility index (Phi) is 6.90. The van der Waals surface area contributed by atoms with E-state index in [9.17, 15) is 17.4 Å². The van der Waals surface area contributed by atoms with Crippen LogP contribution in [0.5, 0.6) is 11.5 Å². The standard InChI is InChI=1S/C16H14F3N3O3S.Na/c1-9-13(20-6-5-14(9)24-2)8-26(23)15-21-11-4-3-10(7-12(11)22-15)25-16(17,18)19;/h3-7H,8H2,1-2H3,(H,21,22);. The normalized spacial score (nSPS) is 12.5. The molecule has 2 heterocycles. The molecule has 0 bridgehead atoms. The van der Waals surface area contributed by atoms with Crippen LogP contribution >= 0.6 is 0 Å². The number of pyridine rings is 1. The topological polar surface area (TPSA) is 77.1 Å². The molecule has 27 heavy (non-hydrogen) atoms. The second-order valence-electron chi connectivity index (χ2n) is 5.34. The maximum absolute atomic E-state index is 12.6. The van der Waals surface area contributed by atoms with Crippen molar-refractivity contribution in [2.75, 3.05) is 7.11 Å². The van der Waals surface area contributed by atoms with Crippen LogP contribution in [0, 0.1) is 6.92 Å². The number of alkyl halides is 3. The summed E-state index contributed by atoms with van der Waals surface area (Å²) in [6.45, 7) is 1.80. The number of nitrogens with one attached hydrogen (secondary N) is 1. The molecule has 0 spiro atoms. The molecule has 1 unspecified atom stereocenters. The van der Waals surface area contributed by atoms with Crippen molar-refractivity contribution in [3.63, 3.8) is 0 Å². The molecule has 1 N–H and O–H groups in total. The van der Waals surface area contributed by atoms with Gasteiger partial charge in [0.05, 0.1) is 40.4 Å². The van der Waals surface area contributed by atoms with Crippen molar-refractivity contribution in [3.05, 3.63) is 41.7 Å². The molecule has 0 fully saturated rings. The minimum Gasteiger partial charge on any atom is -0.496 e. The van der Waals surface area contributed by atoms with E-state index in [0.29, 0.717) is 22.5 Å². The summed E-state index contributed by atoms with van der Waals surface area (Å²) in [5, 5.41) is 0.146. The van der Waals surface area contributed by atoms with Crippen molar-refractivity contribution in [1.29, 1.82) is 0 Å². The average molecular weight is 408 g/mol. The first-order chi connectivity index (χ1) is 12.3. The quantitative estimate of drug-likeness (QED) is 0.657. The average Bonchev–Trinajstić information content (AvgIpc) is 2.98. The van der Waals surface area contributed by atoms with E-state index in [2.05, 4.69) is 19.7 Å². The van der Waals surface area contributed by atoms with Gasteiger partial charge in [0.25, 0.3) is 0 Å². The third kappa shape index (κ3) is 5.22. The maximum atomic E-state index is 12.6. The van der Waals surface area contributed by atoms with E-state index in [1.807, 2.05) is 0 Å². The van der Waals surface area contributed by atoms with Crippen molar-refractivity contribution >= 4 is 51.4 Å². The fourth-order valence-corrected chi connectivity index (χ4v) is 3.49. The van der Waals surface area contributed by atoms with Crippen LogP contribution in [-0.2, 0) is 16.6 Å². The summed E-state index contributed by atoms with van der Waals surface area (Å²) in [4.78, 5) is 11.1. The van der Waals surface area contributed by atoms with Crippen LogP contribution in [0.25, 0.3) is 11.0 Å². The predicted octanol–water partition coefficient (Wildman–Crippen LogP) is 3.10. The van der Waals surface area contributed by atoms with Gasteiger partial charge in [0, 0.05) is 47.4 Å². The summed E-state index contributed by atoms with van der Waals surface area (Å²) in [7, 11) is -0.0303. The Balaban J connectivity index is 0.00000261. The molecule has 2 aromatic heterocycles. The number of rotatable bonds is 5. The fourth-order valence-electron chi connectivity index (χ4n) is 2.39. The van der Waals surface area contributed by atoms with Gasteiger partial charge in [0.1, 0.15) is 11.5 Å². The fraction of sp³-hybridized carbons (Fsp3) is 0.250. The van der Waals surface area contributed by atoms with Crippen LogP contribution < -0.4 is 9.47 Å².